The fraction of sp³-hybridized carbons (Fsp3) is 0.412. The average Bonchev–Trinajstić information content (AvgIpc) is 2.88. The molecule has 0 N–H and O–H groups in total. The lowest BCUT2D eigenvalue weighted by atomic mass is 9.76. The van der Waals surface area contributed by atoms with Crippen LogP contribution in [0, 0.1) is 5.92 Å². The van der Waals surface area contributed by atoms with Crippen LogP contribution in [-0.4, -0.2) is 4.83 Å². The van der Waals surface area contributed by atoms with E-state index in [9.17, 15) is 0 Å². The Morgan fingerprint density at radius 1 is 1.15 bits per heavy atom. The number of alkyl halides is 1. The summed E-state index contributed by atoms with van der Waals surface area (Å²) in [4.78, 5) is 2.17. The molecule has 0 saturated heterocycles. The Hall–Kier alpha value is -0.120. The van der Waals surface area contributed by atoms with Crippen molar-refractivity contribution in [2.75, 3.05) is 0 Å². The van der Waals surface area contributed by atoms with Gasteiger partial charge in [-0.2, -0.15) is 0 Å². The summed E-state index contributed by atoms with van der Waals surface area (Å²) in [5.41, 5.74) is 1.52. The fourth-order valence-electron chi connectivity index (χ4n) is 3.19. The Labute approximate surface area is 141 Å². The minimum Gasteiger partial charge on any atom is -0.148 e. The molecular formula is C17H18Br2S. The van der Waals surface area contributed by atoms with Crippen LogP contribution in [0.2, 0.25) is 0 Å². The third-order valence-corrected chi connectivity index (χ3v) is 7.17. The van der Waals surface area contributed by atoms with Crippen LogP contribution in [0.25, 0.3) is 0 Å². The van der Waals surface area contributed by atoms with Crippen LogP contribution in [-0.2, 0) is 6.42 Å². The maximum absolute atomic E-state index is 3.91. The Morgan fingerprint density at radius 3 is 2.65 bits per heavy atom. The average molecular weight is 414 g/mol. The molecule has 106 valence electrons. The van der Waals surface area contributed by atoms with Gasteiger partial charge in [-0.25, -0.2) is 0 Å². The van der Waals surface area contributed by atoms with E-state index in [-0.39, 0.29) is 0 Å². The number of hydrogen-bond donors (Lipinski definition) is 0. The van der Waals surface area contributed by atoms with Gasteiger partial charge in [0.15, 0.2) is 0 Å². The second kappa shape index (κ2) is 6.76. The summed E-state index contributed by atoms with van der Waals surface area (Å²) in [6.45, 7) is 0. The lowest BCUT2D eigenvalue weighted by molar-refractivity contribution is 0.336. The van der Waals surface area contributed by atoms with Gasteiger partial charge in [0, 0.05) is 19.6 Å². The topological polar surface area (TPSA) is 0 Å². The maximum atomic E-state index is 3.91. The maximum Gasteiger partial charge on any atom is 0.0285 e. The third-order valence-electron chi connectivity index (χ3n) is 4.25. The van der Waals surface area contributed by atoms with E-state index < -0.39 is 0 Å². The van der Waals surface area contributed by atoms with Crippen molar-refractivity contribution in [3.63, 3.8) is 0 Å². The van der Waals surface area contributed by atoms with Gasteiger partial charge >= 0.3 is 0 Å². The predicted molar refractivity (Wildman–Crippen MR) is 95.0 cm³/mol. The summed E-state index contributed by atoms with van der Waals surface area (Å²) in [6.07, 6.45) is 5.10. The van der Waals surface area contributed by atoms with Gasteiger partial charge < -0.3 is 0 Å². The van der Waals surface area contributed by atoms with E-state index in [1.807, 2.05) is 11.3 Å². The molecule has 0 nitrogen and oxygen atoms in total. The van der Waals surface area contributed by atoms with Crippen LogP contribution in [0.3, 0.4) is 0 Å². The Bertz CT molecular complexity index is 549. The minimum absolute atomic E-state index is 0.670. The van der Waals surface area contributed by atoms with Gasteiger partial charge in [-0.1, -0.05) is 46.3 Å². The van der Waals surface area contributed by atoms with Crippen molar-refractivity contribution in [2.45, 2.75) is 36.4 Å². The van der Waals surface area contributed by atoms with Crippen molar-refractivity contribution in [1.82, 2.24) is 0 Å². The summed E-state index contributed by atoms with van der Waals surface area (Å²) >= 11 is 9.35. The van der Waals surface area contributed by atoms with Gasteiger partial charge in [0.1, 0.15) is 0 Å². The van der Waals surface area contributed by atoms with Crippen molar-refractivity contribution >= 4 is 43.2 Å². The lowest BCUT2D eigenvalue weighted by Gasteiger charge is -2.33. The molecule has 1 aromatic heterocycles. The van der Waals surface area contributed by atoms with E-state index in [2.05, 4.69) is 73.6 Å². The molecule has 0 amide bonds. The van der Waals surface area contributed by atoms with E-state index >= 15 is 0 Å². The summed E-state index contributed by atoms with van der Waals surface area (Å²) in [5, 5.41) is 2.19. The molecule has 0 spiro atoms. The highest BCUT2D eigenvalue weighted by atomic mass is 79.9. The third kappa shape index (κ3) is 3.55. The van der Waals surface area contributed by atoms with Crippen LogP contribution in [0.4, 0.5) is 0 Å². The first-order valence-corrected chi connectivity index (χ1v) is 9.73. The van der Waals surface area contributed by atoms with Crippen molar-refractivity contribution in [3.8, 4) is 0 Å². The molecule has 1 heterocycles. The van der Waals surface area contributed by atoms with Gasteiger partial charge in [-0.15, -0.1) is 11.3 Å². The summed E-state index contributed by atoms with van der Waals surface area (Å²) in [7, 11) is 0. The van der Waals surface area contributed by atoms with Crippen LogP contribution in [0.5, 0.6) is 0 Å². The van der Waals surface area contributed by atoms with E-state index in [1.165, 1.54) is 40.6 Å². The van der Waals surface area contributed by atoms with Crippen LogP contribution < -0.4 is 0 Å². The smallest absolute Gasteiger partial charge is 0.0285 e. The van der Waals surface area contributed by atoms with Crippen molar-refractivity contribution in [1.29, 1.82) is 0 Å². The second-order valence-corrected chi connectivity index (χ2v) is 8.72. The quantitative estimate of drug-likeness (QED) is 0.510. The van der Waals surface area contributed by atoms with Crippen LogP contribution in [0.1, 0.15) is 35.6 Å². The molecule has 0 radical (unpaired) electrons. The zero-order valence-corrected chi connectivity index (χ0v) is 15.3. The molecule has 1 aliphatic carbocycles. The number of thiophene rings is 1. The van der Waals surface area contributed by atoms with Gasteiger partial charge in [0.05, 0.1) is 0 Å². The zero-order valence-electron chi connectivity index (χ0n) is 11.3. The molecule has 1 aromatic carbocycles. The molecule has 1 fully saturated rings. The molecule has 1 aliphatic rings. The van der Waals surface area contributed by atoms with Crippen molar-refractivity contribution in [3.05, 3.63) is 56.7 Å². The highest BCUT2D eigenvalue weighted by molar-refractivity contribution is 9.10. The summed E-state index contributed by atoms with van der Waals surface area (Å²) in [6, 6.07) is 13.3. The molecule has 3 rings (SSSR count). The first kappa shape index (κ1) is 14.8. The highest BCUT2D eigenvalue weighted by Gasteiger charge is 2.29. The number of hydrogen-bond acceptors (Lipinski definition) is 1. The van der Waals surface area contributed by atoms with E-state index in [1.54, 1.807) is 0 Å². The minimum atomic E-state index is 0.670. The SMILES string of the molecule is Brc1csc(CC2CC(c3ccccc3)CCC2Br)c1. The predicted octanol–water partition coefficient (Wildman–Crippen LogP) is 6.40. The Balaban J connectivity index is 1.70. The summed E-state index contributed by atoms with van der Waals surface area (Å²) in [5.74, 6) is 1.48. The number of benzene rings is 1. The molecule has 2 aromatic rings. The van der Waals surface area contributed by atoms with E-state index in [4.69, 9.17) is 0 Å². The molecule has 1 saturated carbocycles. The second-order valence-electron chi connectivity index (χ2n) is 5.63. The van der Waals surface area contributed by atoms with E-state index in [0.29, 0.717) is 4.83 Å². The molecule has 0 aliphatic heterocycles. The largest absolute Gasteiger partial charge is 0.148 e. The Kier molecular flexibility index (Phi) is 5.00. The molecule has 3 heteroatoms. The highest BCUT2D eigenvalue weighted by Crippen LogP contribution is 2.41. The van der Waals surface area contributed by atoms with Gasteiger partial charge in [-0.05, 0) is 65.1 Å². The van der Waals surface area contributed by atoms with Gasteiger partial charge in [-0.3, -0.25) is 0 Å². The molecule has 3 unspecified atom stereocenters. The molecule has 20 heavy (non-hydrogen) atoms. The number of halogens is 2. The molecule has 3 atom stereocenters. The first-order chi connectivity index (χ1) is 9.72. The van der Waals surface area contributed by atoms with Gasteiger partial charge in [0.25, 0.3) is 0 Å². The standard InChI is InChI=1S/C17H18Br2S/c18-15-10-16(20-11-15)9-14-8-13(6-7-17(14)19)12-4-2-1-3-5-12/h1-5,10-11,13-14,17H,6-9H2. The zero-order chi connectivity index (χ0) is 13.9. The van der Waals surface area contributed by atoms with Crippen molar-refractivity contribution < 1.29 is 0 Å². The first-order valence-electron chi connectivity index (χ1n) is 7.14. The molecular weight excluding hydrogens is 396 g/mol. The normalized spacial score (nSPS) is 26.6. The van der Waals surface area contributed by atoms with E-state index in [0.717, 1.165) is 11.8 Å². The summed E-state index contributed by atoms with van der Waals surface area (Å²) < 4.78 is 1.22. The fourth-order valence-corrected chi connectivity index (χ4v) is 5.40. The van der Waals surface area contributed by atoms with Crippen LogP contribution >= 0.6 is 43.2 Å². The van der Waals surface area contributed by atoms with Crippen molar-refractivity contribution in [2.24, 2.45) is 5.92 Å². The van der Waals surface area contributed by atoms with Gasteiger partial charge in [0.2, 0.25) is 0 Å². The molecule has 0 bridgehead atoms. The Morgan fingerprint density at radius 2 is 1.95 bits per heavy atom. The monoisotopic (exact) mass is 412 g/mol. The lowest BCUT2D eigenvalue weighted by Crippen LogP contribution is -2.25. The van der Waals surface area contributed by atoms with Crippen LogP contribution in [0.15, 0.2) is 46.3 Å². The number of rotatable bonds is 3.